The normalized spacial score (nSPS) is 13.3. The number of amides is 1. The van der Waals surface area contributed by atoms with Gasteiger partial charge >= 0.3 is 20.1 Å². The highest BCUT2D eigenvalue weighted by Crippen LogP contribution is 2.59. The number of rotatable bonds is 11. The average Bonchev–Trinajstić information content (AvgIpc) is 3.19. The van der Waals surface area contributed by atoms with Gasteiger partial charge in [0.1, 0.15) is 11.4 Å². The Hall–Kier alpha value is -3.84. The third-order valence-electron chi connectivity index (χ3n) is 6.10. The van der Waals surface area contributed by atoms with Crippen molar-refractivity contribution >= 4 is 43.0 Å². The lowest BCUT2D eigenvalue weighted by Crippen LogP contribution is -2.18. The minimum atomic E-state index is -4.82. The van der Waals surface area contributed by atoms with Gasteiger partial charge in [0.15, 0.2) is 6.16 Å². The molecule has 0 bridgehead atoms. The van der Waals surface area contributed by atoms with Crippen LogP contribution >= 0.6 is 7.94 Å². The molecule has 1 aliphatic heterocycles. The standard InChI is InChI=1S/C26H27F3N5O6P/c1-4-39-41(38,40-5-2)14-15-6-8-16(9-7-15)31-25-30-12-19(26(27,28)29)22(33-25)32-20-11-10-17(24(36)37)18-13-34(3)23(35)21(18)20/h6-12,38H,4-5,13-14H2,1-3H3,(H2-,30,31,32,33,35,36,37)/p+1. The summed E-state index contributed by atoms with van der Waals surface area (Å²) in [6.07, 6.45) is -4.06. The smallest absolute Gasteiger partial charge is 0.421 e. The van der Waals surface area contributed by atoms with Gasteiger partial charge < -0.3 is 20.6 Å². The topological polar surface area (TPSA) is 146 Å². The van der Waals surface area contributed by atoms with E-state index < -0.39 is 37.4 Å². The van der Waals surface area contributed by atoms with E-state index >= 15 is 0 Å². The fourth-order valence-electron chi connectivity index (χ4n) is 4.32. The van der Waals surface area contributed by atoms with Crippen LogP contribution in [0.25, 0.3) is 0 Å². The number of carbonyl (C=O) groups is 2. The van der Waals surface area contributed by atoms with Gasteiger partial charge in [0.25, 0.3) is 5.91 Å². The summed E-state index contributed by atoms with van der Waals surface area (Å²) in [6.45, 7) is 4.06. The molecular formula is C26H28F3N5O6P+. The number of alkyl halides is 3. The van der Waals surface area contributed by atoms with Gasteiger partial charge in [0.05, 0.1) is 30.0 Å². The molecule has 1 aliphatic rings. The highest BCUT2D eigenvalue weighted by Gasteiger charge is 2.40. The number of fused-ring (bicyclic) bond motifs is 1. The van der Waals surface area contributed by atoms with Crippen LogP contribution in [0.5, 0.6) is 0 Å². The molecule has 0 saturated heterocycles. The predicted octanol–water partition coefficient (Wildman–Crippen LogP) is 5.59. The minimum Gasteiger partial charge on any atom is -0.478 e. The summed E-state index contributed by atoms with van der Waals surface area (Å²) < 4.78 is 52.4. The molecular weight excluding hydrogens is 566 g/mol. The lowest BCUT2D eigenvalue weighted by atomic mass is 10.0. The number of hydrogen-bond acceptors (Lipinski definition) is 9. The average molecular weight is 595 g/mol. The minimum absolute atomic E-state index is 0.00143. The molecule has 0 atom stereocenters. The van der Waals surface area contributed by atoms with E-state index in [0.29, 0.717) is 11.9 Å². The number of aromatic carboxylic acids is 1. The predicted molar refractivity (Wildman–Crippen MR) is 145 cm³/mol. The number of carbonyl (C=O) groups excluding carboxylic acids is 1. The molecule has 3 aromatic rings. The van der Waals surface area contributed by atoms with Gasteiger partial charge in [-0.25, -0.2) is 9.78 Å². The van der Waals surface area contributed by atoms with E-state index in [1.165, 1.54) is 24.1 Å². The van der Waals surface area contributed by atoms with Crippen molar-refractivity contribution in [1.82, 2.24) is 14.9 Å². The van der Waals surface area contributed by atoms with Gasteiger partial charge in [-0.05, 0) is 43.7 Å². The van der Waals surface area contributed by atoms with Gasteiger partial charge in [0.2, 0.25) is 5.95 Å². The van der Waals surface area contributed by atoms with Crippen molar-refractivity contribution in [1.29, 1.82) is 0 Å². The SMILES string of the molecule is CCO[P+](O)(Cc1ccc(Nc2ncc(C(F)(F)F)c(Nc3ccc(C(=O)O)c4c3C(=O)N(C)C4)n2)cc1)OCC. The van der Waals surface area contributed by atoms with Crippen molar-refractivity contribution in [2.24, 2.45) is 0 Å². The number of anilines is 4. The molecule has 0 fully saturated rings. The van der Waals surface area contributed by atoms with Crippen LogP contribution in [-0.4, -0.2) is 57.0 Å². The maximum Gasteiger partial charge on any atom is 0.421 e. The molecule has 1 amide bonds. The lowest BCUT2D eigenvalue weighted by molar-refractivity contribution is -0.137. The Labute approximate surface area is 233 Å². The van der Waals surface area contributed by atoms with Crippen molar-refractivity contribution in [2.45, 2.75) is 32.7 Å². The second kappa shape index (κ2) is 12.0. The molecule has 0 spiro atoms. The van der Waals surface area contributed by atoms with Crippen molar-refractivity contribution in [3.63, 3.8) is 0 Å². The Morgan fingerprint density at radius 3 is 2.34 bits per heavy atom. The van der Waals surface area contributed by atoms with Crippen LogP contribution in [0.4, 0.5) is 36.3 Å². The summed E-state index contributed by atoms with van der Waals surface area (Å²) in [4.78, 5) is 44.1. The van der Waals surface area contributed by atoms with Crippen LogP contribution in [0.3, 0.4) is 0 Å². The summed E-state index contributed by atoms with van der Waals surface area (Å²) in [5.74, 6) is -2.57. The molecule has 11 nitrogen and oxygen atoms in total. The molecule has 0 radical (unpaired) electrons. The van der Waals surface area contributed by atoms with E-state index in [2.05, 4.69) is 20.6 Å². The van der Waals surface area contributed by atoms with Crippen LogP contribution in [0, 0.1) is 0 Å². The van der Waals surface area contributed by atoms with E-state index in [-0.39, 0.29) is 54.2 Å². The summed E-state index contributed by atoms with van der Waals surface area (Å²) in [6, 6.07) is 9.14. The van der Waals surface area contributed by atoms with E-state index in [0.717, 1.165) is 5.56 Å². The number of carboxylic acid groups (broad SMARTS) is 1. The van der Waals surface area contributed by atoms with Gasteiger partial charge in [-0.1, -0.05) is 12.1 Å². The Morgan fingerprint density at radius 2 is 1.76 bits per heavy atom. The Morgan fingerprint density at radius 1 is 1.10 bits per heavy atom. The van der Waals surface area contributed by atoms with Crippen molar-refractivity contribution in [2.75, 3.05) is 30.9 Å². The quantitative estimate of drug-likeness (QED) is 0.207. The highest BCUT2D eigenvalue weighted by atomic mass is 31.2. The fraction of sp³-hybridized carbons (Fsp3) is 0.308. The fourth-order valence-corrected chi connectivity index (χ4v) is 6.05. The molecule has 0 saturated carbocycles. The Bertz CT molecular complexity index is 1450. The Kier molecular flexibility index (Phi) is 8.78. The van der Waals surface area contributed by atoms with Crippen LogP contribution in [0.2, 0.25) is 0 Å². The molecule has 0 unspecified atom stereocenters. The third kappa shape index (κ3) is 6.73. The zero-order chi connectivity index (χ0) is 29.9. The van der Waals surface area contributed by atoms with Gasteiger partial charge in [0, 0.05) is 31.0 Å². The first-order valence-corrected chi connectivity index (χ1v) is 14.2. The zero-order valence-electron chi connectivity index (χ0n) is 22.3. The van der Waals surface area contributed by atoms with Gasteiger partial charge in [-0.15, -0.1) is 0 Å². The summed E-state index contributed by atoms with van der Waals surface area (Å²) in [7, 11) is -1.61. The van der Waals surface area contributed by atoms with Gasteiger partial charge in [-0.3, -0.25) is 4.79 Å². The lowest BCUT2D eigenvalue weighted by Gasteiger charge is -2.17. The number of carboxylic acids is 1. The van der Waals surface area contributed by atoms with E-state index in [4.69, 9.17) is 9.05 Å². The summed E-state index contributed by atoms with van der Waals surface area (Å²) in [5.41, 5.74) is 0.0256. The summed E-state index contributed by atoms with van der Waals surface area (Å²) in [5, 5.41) is 14.9. The maximum absolute atomic E-state index is 13.9. The molecule has 4 rings (SSSR count). The van der Waals surface area contributed by atoms with E-state index in [1.807, 2.05) is 0 Å². The first kappa shape index (κ1) is 30.1. The van der Waals surface area contributed by atoms with Crippen molar-refractivity contribution < 1.29 is 41.8 Å². The molecule has 15 heteroatoms. The zero-order valence-corrected chi connectivity index (χ0v) is 23.2. The Balaban J connectivity index is 1.62. The van der Waals surface area contributed by atoms with Crippen LogP contribution < -0.4 is 10.6 Å². The first-order valence-electron chi connectivity index (χ1n) is 12.5. The number of aromatic nitrogens is 2. The van der Waals surface area contributed by atoms with Crippen molar-refractivity contribution in [3.05, 3.63) is 70.4 Å². The number of nitrogens with one attached hydrogen (secondary N) is 2. The monoisotopic (exact) mass is 594 g/mol. The first-order chi connectivity index (χ1) is 19.3. The number of hydrogen-bond donors (Lipinski definition) is 4. The molecule has 0 aliphatic carbocycles. The largest absolute Gasteiger partial charge is 0.478 e. The summed E-state index contributed by atoms with van der Waals surface area (Å²) >= 11 is 0. The highest BCUT2D eigenvalue weighted by molar-refractivity contribution is 7.59. The third-order valence-corrected chi connectivity index (χ3v) is 8.19. The number of halogens is 3. The molecule has 4 N–H and O–H groups in total. The molecule has 1 aromatic heterocycles. The molecule has 41 heavy (non-hydrogen) atoms. The second-order valence-electron chi connectivity index (χ2n) is 9.01. The van der Waals surface area contributed by atoms with E-state index in [1.54, 1.807) is 38.1 Å². The second-order valence-corrected chi connectivity index (χ2v) is 11.1. The number of nitrogens with zero attached hydrogens (tertiary/aromatic N) is 3. The maximum atomic E-state index is 13.9. The molecule has 2 aromatic carbocycles. The molecule has 218 valence electrons. The van der Waals surface area contributed by atoms with Crippen LogP contribution in [-0.2, 0) is 27.9 Å². The van der Waals surface area contributed by atoms with Crippen LogP contribution in [0.15, 0.2) is 42.6 Å². The van der Waals surface area contributed by atoms with Crippen molar-refractivity contribution in [3.8, 4) is 0 Å². The van der Waals surface area contributed by atoms with Crippen LogP contribution in [0.1, 0.15) is 51.3 Å². The molecule has 2 heterocycles. The van der Waals surface area contributed by atoms with E-state index in [9.17, 15) is 32.8 Å². The van der Waals surface area contributed by atoms with Gasteiger partial charge in [-0.2, -0.15) is 32.1 Å². The number of benzene rings is 2.